The number of hydrogen-bond acceptors (Lipinski definition) is 6. The highest BCUT2D eigenvalue weighted by Gasteiger charge is 2.37. The fourth-order valence-electron chi connectivity index (χ4n) is 5.00. The van der Waals surface area contributed by atoms with Crippen LogP contribution in [0.25, 0.3) is 0 Å². The third kappa shape index (κ3) is 4.97. The minimum atomic E-state index is -4.28. The van der Waals surface area contributed by atoms with E-state index >= 15 is 0 Å². The summed E-state index contributed by atoms with van der Waals surface area (Å²) in [7, 11) is 0. The van der Waals surface area contributed by atoms with Gasteiger partial charge in [-0.15, -0.1) is 0 Å². The summed E-state index contributed by atoms with van der Waals surface area (Å²) in [5.74, 6) is 0.0421. The number of carbonyl (C=O) groups excluding carboxylic acids is 1. The number of hydrogen-bond donors (Lipinski definition) is 1. The topological polar surface area (TPSA) is 60.9 Å². The summed E-state index contributed by atoms with van der Waals surface area (Å²) in [6.45, 7) is 2.60. The molecular weight excluding hydrogens is 447 g/mol. The standard InChI is InChI=1S/C24H28F3N5O2/c25-24(26,27)16-30-8-2-4-18(14-30)23(33)32-15-17-3-1-7-28-22(17)29-20-6-5-19(13-21(20)32)31-9-11-34-12-10-31/h1,3,5-7,13,18H,2,4,8-12,14-16H2,(H,28,29)/t18-/m0/s1. The van der Waals surface area contributed by atoms with Crippen molar-refractivity contribution in [1.29, 1.82) is 0 Å². The van der Waals surface area contributed by atoms with Crippen LogP contribution in [0, 0.1) is 5.92 Å². The number of fused-ring (bicyclic) bond motifs is 2. The molecule has 3 aliphatic heterocycles. The minimum absolute atomic E-state index is 0.112. The molecule has 0 radical (unpaired) electrons. The number of likely N-dealkylation sites (tertiary alicyclic amines) is 1. The molecule has 4 heterocycles. The first kappa shape index (κ1) is 22.9. The van der Waals surface area contributed by atoms with E-state index in [-0.39, 0.29) is 12.5 Å². The van der Waals surface area contributed by atoms with Crippen molar-refractivity contribution in [2.75, 3.05) is 61.1 Å². The normalized spacial score (nSPS) is 21.3. The van der Waals surface area contributed by atoms with Gasteiger partial charge in [-0.05, 0) is 43.7 Å². The monoisotopic (exact) mass is 475 g/mol. The molecule has 1 N–H and O–H groups in total. The second kappa shape index (κ2) is 9.42. The number of alkyl halides is 3. The number of rotatable bonds is 3. The van der Waals surface area contributed by atoms with Gasteiger partial charge in [0.15, 0.2) is 0 Å². The average molecular weight is 476 g/mol. The zero-order valence-corrected chi connectivity index (χ0v) is 18.9. The van der Waals surface area contributed by atoms with Crippen molar-refractivity contribution in [2.24, 2.45) is 5.92 Å². The van der Waals surface area contributed by atoms with E-state index in [1.165, 1.54) is 4.90 Å². The van der Waals surface area contributed by atoms with Crippen molar-refractivity contribution in [3.8, 4) is 0 Å². The van der Waals surface area contributed by atoms with Gasteiger partial charge in [-0.25, -0.2) is 4.98 Å². The maximum Gasteiger partial charge on any atom is 0.401 e. The number of carbonyl (C=O) groups is 1. The number of nitrogens with zero attached hydrogens (tertiary/aromatic N) is 4. The molecule has 1 aromatic carbocycles. The first-order valence-electron chi connectivity index (χ1n) is 11.7. The highest BCUT2D eigenvalue weighted by molar-refractivity contribution is 6.00. The van der Waals surface area contributed by atoms with Crippen LogP contribution in [0.1, 0.15) is 18.4 Å². The summed E-state index contributed by atoms with van der Waals surface area (Å²) in [6.07, 6.45) is -1.43. The van der Waals surface area contributed by atoms with Gasteiger partial charge in [0.05, 0.1) is 43.6 Å². The summed E-state index contributed by atoms with van der Waals surface area (Å²) in [5, 5.41) is 3.35. The molecule has 1 atom stereocenters. The van der Waals surface area contributed by atoms with Crippen LogP contribution >= 0.6 is 0 Å². The Hall–Kier alpha value is -2.85. The van der Waals surface area contributed by atoms with Gasteiger partial charge in [0.25, 0.3) is 0 Å². The van der Waals surface area contributed by atoms with Gasteiger partial charge in [0, 0.05) is 37.1 Å². The fraction of sp³-hybridized carbons (Fsp3) is 0.500. The van der Waals surface area contributed by atoms with Crippen molar-refractivity contribution >= 4 is 28.8 Å². The number of morpholine rings is 1. The van der Waals surface area contributed by atoms with Crippen LogP contribution in [-0.4, -0.2) is 67.9 Å². The van der Waals surface area contributed by atoms with Crippen LogP contribution in [0.15, 0.2) is 36.5 Å². The Morgan fingerprint density at radius 2 is 2.00 bits per heavy atom. The summed E-state index contributed by atoms with van der Waals surface area (Å²) < 4.78 is 44.5. The SMILES string of the molecule is O=C([C@H]1CCCN(CC(F)(F)F)C1)N1Cc2cccnc2Nc2ccc(N3CCOCC3)cc21. The average Bonchev–Trinajstić information content (AvgIpc) is 2.99. The fourth-order valence-corrected chi connectivity index (χ4v) is 5.00. The maximum absolute atomic E-state index is 13.8. The van der Waals surface area contributed by atoms with E-state index in [9.17, 15) is 18.0 Å². The highest BCUT2D eigenvalue weighted by atomic mass is 19.4. The molecule has 5 rings (SSSR count). The van der Waals surface area contributed by atoms with Gasteiger partial charge in [-0.2, -0.15) is 13.2 Å². The lowest BCUT2D eigenvalue weighted by Gasteiger charge is -2.35. The molecule has 7 nitrogen and oxygen atoms in total. The van der Waals surface area contributed by atoms with Gasteiger partial charge < -0.3 is 19.9 Å². The van der Waals surface area contributed by atoms with E-state index in [4.69, 9.17) is 4.74 Å². The highest BCUT2D eigenvalue weighted by Crippen LogP contribution is 2.39. The predicted molar refractivity (Wildman–Crippen MR) is 123 cm³/mol. The quantitative estimate of drug-likeness (QED) is 0.729. The Morgan fingerprint density at radius 3 is 2.79 bits per heavy atom. The van der Waals surface area contributed by atoms with Crippen molar-refractivity contribution in [2.45, 2.75) is 25.6 Å². The zero-order chi connectivity index (χ0) is 23.7. The van der Waals surface area contributed by atoms with Gasteiger partial charge in [0.2, 0.25) is 5.91 Å². The van der Waals surface area contributed by atoms with E-state index in [2.05, 4.69) is 15.2 Å². The van der Waals surface area contributed by atoms with Crippen LogP contribution in [0.3, 0.4) is 0 Å². The molecule has 34 heavy (non-hydrogen) atoms. The molecule has 3 aliphatic rings. The predicted octanol–water partition coefficient (Wildman–Crippen LogP) is 3.78. The third-order valence-electron chi connectivity index (χ3n) is 6.64. The number of amides is 1. The van der Waals surface area contributed by atoms with Gasteiger partial charge in [-0.1, -0.05) is 6.07 Å². The molecular formula is C24H28F3N5O2. The van der Waals surface area contributed by atoms with Gasteiger partial charge in [-0.3, -0.25) is 9.69 Å². The maximum atomic E-state index is 13.8. The Labute approximate surface area is 196 Å². The third-order valence-corrected chi connectivity index (χ3v) is 6.64. The summed E-state index contributed by atoms with van der Waals surface area (Å²) >= 11 is 0. The lowest BCUT2D eigenvalue weighted by molar-refractivity contribution is -0.151. The molecule has 1 amide bonds. The van der Waals surface area contributed by atoms with Crippen molar-refractivity contribution in [3.05, 3.63) is 42.1 Å². The van der Waals surface area contributed by atoms with Crippen LogP contribution in [0.4, 0.5) is 36.1 Å². The zero-order valence-electron chi connectivity index (χ0n) is 18.9. The van der Waals surface area contributed by atoms with E-state index in [0.717, 1.165) is 35.7 Å². The van der Waals surface area contributed by atoms with E-state index in [1.54, 1.807) is 11.1 Å². The Morgan fingerprint density at radius 1 is 1.18 bits per heavy atom. The van der Waals surface area contributed by atoms with Crippen molar-refractivity contribution in [3.63, 3.8) is 0 Å². The van der Waals surface area contributed by atoms with Gasteiger partial charge >= 0.3 is 6.18 Å². The molecule has 0 bridgehead atoms. The molecule has 1 aromatic heterocycles. The summed E-state index contributed by atoms with van der Waals surface area (Å²) in [5.41, 5.74) is 3.33. The molecule has 2 aromatic rings. The van der Waals surface area contributed by atoms with Crippen molar-refractivity contribution < 1.29 is 22.7 Å². The lowest BCUT2D eigenvalue weighted by atomic mass is 9.95. The molecule has 0 aliphatic carbocycles. The van der Waals surface area contributed by atoms with Crippen LogP contribution in [-0.2, 0) is 16.1 Å². The minimum Gasteiger partial charge on any atom is -0.378 e. The largest absolute Gasteiger partial charge is 0.401 e. The number of halogens is 3. The lowest BCUT2D eigenvalue weighted by Crippen LogP contribution is -2.47. The number of benzene rings is 1. The number of nitrogens with one attached hydrogen (secondary N) is 1. The van der Waals surface area contributed by atoms with Crippen LogP contribution in [0.5, 0.6) is 0 Å². The smallest absolute Gasteiger partial charge is 0.378 e. The van der Waals surface area contributed by atoms with E-state index in [1.807, 2.05) is 30.3 Å². The Bertz CT molecular complexity index is 1040. The van der Waals surface area contributed by atoms with Gasteiger partial charge in [0.1, 0.15) is 5.82 Å². The van der Waals surface area contributed by atoms with Crippen molar-refractivity contribution in [1.82, 2.24) is 9.88 Å². The molecule has 0 spiro atoms. The first-order chi connectivity index (χ1) is 16.4. The summed E-state index contributed by atoms with van der Waals surface area (Å²) in [6, 6.07) is 9.69. The number of aromatic nitrogens is 1. The Kier molecular flexibility index (Phi) is 6.35. The molecule has 182 valence electrons. The van der Waals surface area contributed by atoms with Crippen LogP contribution < -0.4 is 15.1 Å². The second-order valence-electron chi connectivity index (χ2n) is 9.05. The molecule has 2 fully saturated rings. The molecule has 0 unspecified atom stereocenters. The number of piperidine rings is 1. The molecule has 2 saturated heterocycles. The second-order valence-corrected chi connectivity index (χ2v) is 9.05. The van der Waals surface area contributed by atoms with E-state index in [0.29, 0.717) is 45.0 Å². The molecule has 0 saturated carbocycles. The van der Waals surface area contributed by atoms with E-state index < -0.39 is 18.6 Å². The molecule has 10 heteroatoms. The van der Waals surface area contributed by atoms with Crippen LogP contribution in [0.2, 0.25) is 0 Å². The number of anilines is 4. The number of ether oxygens (including phenoxy) is 1. The Balaban J connectivity index is 1.47. The first-order valence-corrected chi connectivity index (χ1v) is 11.7. The number of pyridine rings is 1. The summed E-state index contributed by atoms with van der Waals surface area (Å²) in [4.78, 5) is 23.5.